The van der Waals surface area contributed by atoms with Gasteiger partial charge < -0.3 is 0 Å². The number of allylic oxidation sites excluding steroid dienone is 3. The van der Waals surface area contributed by atoms with Crippen LogP contribution in [0.1, 0.15) is 43.9 Å². The first-order chi connectivity index (χ1) is 7.74. The molecule has 16 heavy (non-hydrogen) atoms. The fourth-order valence-corrected chi connectivity index (χ4v) is 2.19. The molecule has 0 aliphatic carbocycles. The first-order valence-electron chi connectivity index (χ1n) is 6.15. The second-order valence-electron chi connectivity index (χ2n) is 4.13. The Morgan fingerprint density at radius 2 is 2.06 bits per heavy atom. The summed E-state index contributed by atoms with van der Waals surface area (Å²) in [4.78, 5) is 0. The molecule has 0 radical (unpaired) electrons. The second kappa shape index (κ2) is 6.32. The smallest absolute Gasteiger partial charge is 0.0193 e. The molecule has 0 saturated carbocycles. The minimum atomic E-state index is 1.10. The summed E-state index contributed by atoms with van der Waals surface area (Å²) in [6.45, 7) is 10.4. The molecule has 0 spiro atoms. The lowest BCUT2D eigenvalue weighted by Crippen LogP contribution is -1.97. The molecule has 1 aromatic carbocycles. The molecule has 0 bridgehead atoms. The van der Waals surface area contributed by atoms with Gasteiger partial charge in [-0.2, -0.15) is 0 Å². The first kappa shape index (κ1) is 12.8. The van der Waals surface area contributed by atoms with E-state index in [2.05, 4.69) is 51.6 Å². The van der Waals surface area contributed by atoms with Gasteiger partial charge in [-0.15, -0.1) is 0 Å². The number of benzene rings is 1. The van der Waals surface area contributed by atoms with Gasteiger partial charge in [-0.05, 0) is 42.0 Å². The summed E-state index contributed by atoms with van der Waals surface area (Å²) in [5, 5.41) is 0. The van der Waals surface area contributed by atoms with Gasteiger partial charge in [-0.25, -0.2) is 0 Å². The fourth-order valence-electron chi connectivity index (χ4n) is 2.19. The number of aryl methyl sites for hydroxylation is 1. The van der Waals surface area contributed by atoms with Crippen LogP contribution in [-0.2, 0) is 12.8 Å². The van der Waals surface area contributed by atoms with Gasteiger partial charge in [0, 0.05) is 0 Å². The minimum Gasteiger partial charge on any atom is -0.0991 e. The van der Waals surface area contributed by atoms with E-state index >= 15 is 0 Å². The fraction of sp³-hybridized carbons (Fsp3) is 0.375. The molecule has 0 aliphatic rings. The molecule has 86 valence electrons. The maximum Gasteiger partial charge on any atom is -0.0193 e. The summed E-state index contributed by atoms with van der Waals surface area (Å²) < 4.78 is 0. The average Bonchev–Trinajstić information content (AvgIpc) is 2.29. The highest BCUT2D eigenvalue weighted by molar-refractivity contribution is 5.69. The Kier molecular flexibility index (Phi) is 5.04. The van der Waals surface area contributed by atoms with Crippen LogP contribution in [0.2, 0.25) is 0 Å². The van der Waals surface area contributed by atoms with Crippen molar-refractivity contribution < 1.29 is 0 Å². The van der Waals surface area contributed by atoms with Gasteiger partial charge in [0.25, 0.3) is 0 Å². The summed E-state index contributed by atoms with van der Waals surface area (Å²) in [5.41, 5.74) is 5.69. The molecule has 1 rings (SSSR count). The lowest BCUT2D eigenvalue weighted by Gasteiger charge is -2.13. The van der Waals surface area contributed by atoms with E-state index in [0.29, 0.717) is 0 Å². The van der Waals surface area contributed by atoms with Gasteiger partial charge in [-0.3, -0.25) is 0 Å². The van der Waals surface area contributed by atoms with Gasteiger partial charge in [0.1, 0.15) is 0 Å². The Morgan fingerprint density at radius 1 is 1.31 bits per heavy atom. The molecular weight excluding hydrogens is 192 g/mol. The Morgan fingerprint density at radius 3 is 2.62 bits per heavy atom. The minimum absolute atomic E-state index is 1.10. The molecule has 0 amide bonds. The normalized spacial score (nSPS) is 11.6. The molecule has 1 aromatic rings. The summed E-state index contributed by atoms with van der Waals surface area (Å²) in [7, 11) is 0. The predicted molar refractivity (Wildman–Crippen MR) is 73.7 cm³/mol. The summed E-state index contributed by atoms with van der Waals surface area (Å²) in [6, 6.07) is 6.64. The maximum atomic E-state index is 3.76. The van der Waals surface area contributed by atoms with Crippen LogP contribution < -0.4 is 0 Å². The van der Waals surface area contributed by atoms with Crippen LogP contribution in [0.25, 0.3) is 5.57 Å². The van der Waals surface area contributed by atoms with Crippen molar-refractivity contribution in [3.05, 3.63) is 53.6 Å². The molecular formula is C16H22. The molecule has 0 nitrogen and oxygen atoms in total. The van der Waals surface area contributed by atoms with Gasteiger partial charge in [0.2, 0.25) is 0 Å². The predicted octanol–water partition coefficient (Wildman–Crippen LogP) is 4.79. The van der Waals surface area contributed by atoms with E-state index in [-0.39, 0.29) is 0 Å². The van der Waals surface area contributed by atoms with E-state index in [4.69, 9.17) is 0 Å². The molecule has 0 aromatic heterocycles. The zero-order chi connectivity index (χ0) is 12.0. The van der Waals surface area contributed by atoms with Crippen LogP contribution in [0.4, 0.5) is 0 Å². The summed E-state index contributed by atoms with van der Waals surface area (Å²) >= 11 is 0. The third-order valence-electron chi connectivity index (χ3n) is 2.94. The standard InChI is InChI=1S/C16H22/c1-5-9-13(4)16-12-8-11-14(10-6-2)15(16)7-3/h5,8-9,11-12H,1,6-7,10H2,2-4H3/b13-9+. The van der Waals surface area contributed by atoms with E-state index < -0.39 is 0 Å². The monoisotopic (exact) mass is 214 g/mol. The number of hydrogen-bond donors (Lipinski definition) is 0. The molecule has 0 heteroatoms. The van der Waals surface area contributed by atoms with Crippen LogP contribution in [0.5, 0.6) is 0 Å². The third kappa shape index (κ3) is 2.85. The zero-order valence-electron chi connectivity index (χ0n) is 10.7. The van der Waals surface area contributed by atoms with Crippen LogP contribution >= 0.6 is 0 Å². The Bertz CT molecular complexity index is 383. The molecule has 0 saturated heterocycles. The van der Waals surface area contributed by atoms with Crippen molar-refractivity contribution in [2.24, 2.45) is 0 Å². The third-order valence-corrected chi connectivity index (χ3v) is 2.94. The van der Waals surface area contributed by atoms with E-state index in [1.165, 1.54) is 35.1 Å². The average molecular weight is 214 g/mol. The van der Waals surface area contributed by atoms with Crippen LogP contribution in [0.3, 0.4) is 0 Å². The van der Waals surface area contributed by atoms with Crippen molar-refractivity contribution in [3.63, 3.8) is 0 Å². The van der Waals surface area contributed by atoms with E-state index in [0.717, 1.165) is 6.42 Å². The highest BCUT2D eigenvalue weighted by Crippen LogP contribution is 2.24. The first-order valence-corrected chi connectivity index (χ1v) is 6.15. The molecule has 0 fully saturated rings. The van der Waals surface area contributed by atoms with Crippen LogP contribution in [0.15, 0.2) is 36.9 Å². The summed E-state index contributed by atoms with van der Waals surface area (Å²) in [6.07, 6.45) is 7.44. The molecule has 0 N–H and O–H groups in total. The Hall–Kier alpha value is -1.30. The van der Waals surface area contributed by atoms with Crippen molar-refractivity contribution in [1.29, 1.82) is 0 Å². The molecule has 0 unspecified atom stereocenters. The zero-order valence-corrected chi connectivity index (χ0v) is 10.7. The highest BCUT2D eigenvalue weighted by Gasteiger charge is 2.06. The van der Waals surface area contributed by atoms with Crippen molar-refractivity contribution >= 4 is 5.57 Å². The van der Waals surface area contributed by atoms with E-state index in [9.17, 15) is 0 Å². The summed E-state index contributed by atoms with van der Waals surface area (Å²) in [5.74, 6) is 0. The van der Waals surface area contributed by atoms with Gasteiger partial charge in [0.15, 0.2) is 0 Å². The quantitative estimate of drug-likeness (QED) is 0.618. The second-order valence-corrected chi connectivity index (χ2v) is 4.13. The van der Waals surface area contributed by atoms with E-state index in [1.54, 1.807) is 0 Å². The van der Waals surface area contributed by atoms with Crippen molar-refractivity contribution in [1.82, 2.24) is 0 Å². The number of rotatable bonds is 5. The molecule has 0 atom stereocenters. The SMILES string of the molecule is C=C/C=C(\C)c1cccc(CCC)c1CC. The van der Waals surface area contributed by atoms with Crippen LogP contribution in [-0.4, -0.2) is 0 Å². The Labute approximate surface area is 99.7 Å². The molecule has 0 heterocycles. The highest BCUT2D eigenvalue weighted by atomic mass is 14.1. The van der Waals surface area contributed by atoms with Crippen molar-refractivity contribution in [2.45, 2.75) is 40.0 Å². The van der Waals surface area contributed by atoms with Gasteiger partial charge in [0.05, 0.1) is 0 Å². The van der Waals surface area contributed by atoms with Gasteiger partial charge >= 0.3 is 0 Å². The Balaban J connectivity index is 3.23. The van der Waals surface area contributed by atoms with E-state index in [1.807, 2.05) is 6.08 Å². The van der Waals surface area contributed by atoms with Crippen molar-refractivity contribution in [3.8, 4) is 0 Å². The van der Waals surface area contributed by atoms with Gasteiger partial charge in [-0.1, -0.05) is 57.2 Å². The maximum absolute atomic E-state index is 3.76. The topological polar surface area (TPSA) is 0 Å². The largest absolute Gasteiger partial charge is 0.0991 e. The van der Waals surface area contributed by atoms with Crippen LogP contribution in [0, 0.1) is 0 Å². The lowest BCUT2D eigenvalue weighted by atomic mass is 9.92. The number of hydrogen-bond acceptors (Lipinski definition) is 0. The lowest BCUT2D eigenvalue weighted by molar-refractivity contribution is 0.897. The van der Waals surface area contributed by atoms with Crippen molar-refractivity contribution in [2.75, 3.05) is 0 Å². The molecule has 0 aliphatic heterocycles.